The Morgan fingerprint density at radius 1 is 0.970 bits per heavy atom. The first-order valence-corrected chi connectivity index (χ1v) is 11.9. The van der Waals surface area contributed by atoms with E-state index in [1.54, 1.807) is 6.20 Å². The maximum absolute atomic E-state index is 11.1. The van der Waals surface area contributed by atoms with E-state index >= 15 is 0 Å². The quantitative estimate of drug-likeness (QED) is 0.463. The highest BCUT2D eigenvalue weighted by atomic mass is 16.5. The molecule has 33 heavy (non-hydrogen) atoms. The molecule has 0 aliphatic carbocycles. The van der Waals surface area contributed by atoms with Crippen LogP contribution in [0.5, 0.6) is 11.5 Å². The summed E-state index contributed by atoms with van der Waals surface area (Å²) in [6.45, 7) is 6.67. The van der Waals surface area contributed by atoms with Crippen LogP contribution in [0.25, 0.3) is 0 Å². The average Bonchev–Trinajstić information content (AvgIpc) is 3.28. The summed E-state index contributed by atoms with van der Waals surface area (Å²) in [4.78, 5) is 2.42. The van der Waals surface area contributed by atoms with E-state index in [0.29, 0.717) is 13.2 Å². The third-order valence-corrected chi connectivity index (χ3v) is 6.23. The van der Waals surface area contributed by atoms with Gasteiger partial charge in [-0.05, 0) is 68.6 Å². The van der Waals surface area contributed by atoms with Crippen LogP contribution in [-0.2, 0) is 13.1 Å². The van der Waals surface area contributed by atoms with Crippen molar-refractivity contribution in [2.45, 2.75) is 51.3 Å². The van der Waals surface area contributed by atoms with Crippen LogP contribution in [0.1, 0.15) is 36.8 Å². The van der Waals surface area contributed by atoms with E-state index in [2.05, 4.69) is 29.1 Å². The summed E-state index contributed by atoms with van der Waals surface area (Å²) in [6.07, 6.45) is 7.13. The van der Waals surface area contributed by atoms with E-state index < -0.39 is 5.60 Å². The summed E-state index contributed by atoms with van der Waals surface area (Å²) < 4.78 is 13.7. The summed E-state index contributed by atoms with van der Waals surface area (Å²) in [5, 5.41) is 15.3. The van der Waals surface area contributed by atoms with Crippen LogP contribution in [0.15, 0.2) is 67.0 Å². The minimum Gasteiger partial charge on any atom is -0.494 e. The first-order valence-electron chi connectivity index (χ1n) is 11.9. The third-order valence-electron chi connectivity index (χ3n) is 6.23. The Labute approximate surface area is 196 Å². The van der Waals surface area contributed by atoms with Gasteiger partial charge in [0, 0.05) is 38.4 Å². The molecule has 4 rings (SSSR count). The molecule has 1 N–H and O–H groups in total. The molecule has 176 valence electrons. The lowest BCUT2D eigenvalue weighted by molar-refractivity contribution is -0.0168. The summed E-state index contributed by atoms with van der Waals surface area (Å²) in [6, 6.07) is 18.3. The molecule has 1 atom stereocenters. The average molecular weight is 450 g/mol. The summed E-state index contributed by atoms with van der Waals surface area (Å²) in [5.41, 5.74) is 1.70. The highest BCUT2D eigenvalue weighted by molar-refractivity contribution is 5.27. The van der Waals surface area contributed by atoms with Gasteiger partial charge < -0.3 is 14.6 Å². The molecule has 0 bridgehead atoms. The largest absolute Gasteiger partial charge is 0.494 e. The van der Waals surface area contributed by atoms with Crippen LogP contribution in [0, 0.1) is 6.92 Å². The highest BCUT2D eigenvalue weighted by Crippen LogP contribution is 2.25. The van der Waals surface area contributed by atoms with Gasteiger partial charge in [-0.3, -0.25) is 9.58 Å². The Morgan fingerprint density at radius 2 is 1.73 bits per heavy atom. The van der Waals surface area contributed by atoms with Gasteiger partial charge in [0.15, 0.2) is 0 Å². The van der Waals surface area contributed by atoms with Crippen molar-refractivity contribution < 1.29 is 14.6 Å². The summed E-state index contributed by atoms with van der Waals surface area (Å²) in [7, 11) is 0. The number of likely N-dealkylation sites (tertiary alicyclic amines) is 1. The lowest BCUT2D eigenvalue weighted by Gasteiger charge is -2.27. The fourth-order valence-corrected chi connectivity index (χ4v) is 4.19. The minimum atomic E-state index is -0.770. The predicted octanol–water partition coefficient (Wildman–Crippen LogP) is 4.46. The maximum Gasteiger partial charge on any atom is 0.119 e. The zero-order valence-electron chi connectivity index (χ0n) is 19.5. The molecule has 1 aliphatic heterocycles. The second-order valence-electron chi connectivity index (χ2n) is 9.07. The van der Waals surface area contributed by atoms with Gasteiger partial charge >= 0.3 is 0 Å². The third kappa shape index (κ3) is 7.34. The van der Waals surface area contributed by atoms with E-state index in [0.717, 1.165) is 63.4 Å². The number of rotatable bonds is 10. The van der Waals surface area contributed by atoms with Crippen molar-refractivity contribution in [3.05, 3.63) is 78.1 Å². The number of aliphatic hydroxyl groups is 1. The number of hydrogen-bond donors (Lipinski definition) is 1. The molecule has 1 fully saturated rings. The first-order chi connectivity index (χ1) is 16.1. The summed E-state index contributed by atoms with van der Waals surface area (Å²) >= 11 is 0. The maximum atomic E-state index is 11.1. The van der Waals surface area contributed by atoms with Crippen molar-refractivity contribution in [2.75, 3.05) is 26.3 Å². The Morgan fingerprint density at radius 3 is 2.48 bits per heavy atom. The Kier molecular flexibility index (Phi) is 8.02. The molecule has 0 radical (unpaired) electrons. The van der Waals surface area contributed by atoms with Crippen molar-refractivity contribution >= 4 is 0 Å². The normalized spacial score (nSPS) is 19.2. The van der Waals surface area contributed by atoms with E-state index in [1.165, 1.54) is 11.1 Å². The number of ether oxygens (including phenoxy) is 2. The second-order valence-corrected chi connectivity index (χ2v) is 9.07. The van der Waals surface area contributed by atoms with Gasteiger partial charge in [0.05, 0.1) is 12.2 Å². The molecule has 1 aromatic heterocycles. The van der Waals surface area contributed by atoms with Crippen LogP contribution in [0.3, 0.4) is 0 Å². The molecule has 2 heterocycles. The van der Waals surface area contributed by atoms with Gasteiger partial charge in [-0.25, -0.2) is 0 Å². The second kappa shape index (κ2) is 11.3. The summed E-state index contributed by atoms with van der Waals surface area (Å²) in [5.74, 6) is 1.72. The molecular weight excluding hydrogens is 414 g/mol. The van der Waals surface area contributed by atoms with Gasteiger partial charge in [-0.15, -0.1) is 0 Å². The van der Waals surface area contributed by atoms with Crippen LogP contribution in [-0.4, -0.2) is 51.7 Å². The Balaban J connectivity index is 1.19. The topological polar surface area (TPSA) is 59.8 Å². The fraction of sp³-hybridized carbons (Fsp3) is 0.444. The number of aromatic nitrogens is 2. The van der Waals surface area contributed by atoms with Gasteiger partial charge in [0.1, 0.15) is 18.1 Å². The number of nitrogens with zero attached hydrogens (tertiary/aromatic N) is 3. The minimum absolute atomic E-state index is 0.344. The first kappa shape index (κ1) is 23.3. The highest BCUT2D eigenvalue weighted by Gasteiger charge is 2.31. The molecule has 6 nitrogen and oxygen atoms in total. The van der Waals surface area contributed by atoms with Gasteiger partial charge in [0.2, 0.25) is 0 Å². The van der Waals surface area contributed by atoms with Gasteiger partial charge in [-0.1, -0.05) is 29.8 Å². The molecule has 0 saturated carbocycles. The molecule has 6 heteroatoms. The van der Waals surface area contributed by atoms with Crippen LogP contribution in [0.4, 0.5) is 0 Å². The molecule has 2 aromatic carbocycles. The van der Waals surface area contributed by atoms with Crippen molar-refractivity contribution in [1.29, 1.82) is 0 Å². The van der Waals surface area contributed by atoms with E-state index in [4.69, 9.17) is 9.47 Å². The molecule has 1 saturated heterocycles. The number of aryl methyl sites for hydroxylation is 2. The SMILES string of the molecule is Cc1ccc(OCC2(O)CCCN(Cc3ccc(OCCCn4cccn4)cc3)CC2)cc1. The zero-order chi connectivity index (χ0) is 22.9. The molecule has 1 aliphatic rings. The molecule has 0 spiro atoms. The lowest BCUT2D eigenvalue weighted by Crippen LogP contribution is -2.37. The van der Waals surface area contributed by atoms with Crippen LogP contribution >= 0.6 is 0 Å². The van der Waals surface area contributed by atoms with Crippen molar-refractivity contribution in [3.63, 3.8) is 0 Å². The molecule has 0 amide bonds. The van der Waals surface area contributed by atoms with E-state index in [-0.39, 0.29) is 0 Å². The monoisotopic (exact) mass is 449 g/mol. The predicted molar refractivity (Wildman–Crippen MR) is 130 cm³/mol. The van der Waals surface area contributed by atoms with Crippen molar-refractivity contribution in [2.24, 2.45) is 0 Å². The lowest BCUT2D eigenvalue weighted by atomic mass is 9.96. The fourth-order valence-electron chi connectivity index (χ4n) is 4.19. The number of benzene rings is 2. The van der Waals surface area contributed by atoms with Gasteiger partial charge in [-0.2, -0.15) is 5.10 Å². The Hall–Kier alpha value is -2.83. The van der Waals surface area contributed by atoms with Crippen LogP contribution < -0.4 is 9.47 Å². The molecule has 3 aromatic rings. The number of hydrogen-bond acceptors (Lipinski definition) is 5. The van der Waals surface area contributed by atoms with Crippen molar-refractivity contribution in [3.8, 4) is 11.5 Å². The Bertz CT molecular complexity index is 957. The molecular formula is C27H35N3O3. The van der Waals surface area contributed by atoms with E-state index in [1.807, 2.05) is 53.3 Å². The van der Waals surface area contributed by atoms with E-state index in [9.17, 15) is 5.11 Å². The van der Waals surface area contributed by atoms with Crippen molar-refractivity contribution in [1.82, 2.24) is 14.7 Å². The van der Waals surface area contributed by atoms with Gasteiger partial charge in [0.25, 0.3) is 0 Å². The standard InChI is InChI=1S/C27H35N3O3/c1-23-5-9-26(10-6-23)33-22-27(31)13-2-16-29(19-14-27)21-24-7-11-25(12-8-24)32-20-4-18-30-17-3-15-28-30/h3,5-12,15,17,31H,2,4,13-14,16,18-22H2,1H3. The smallest absolute Gasteiger partial charge is 0.119 e. The zero-order valence-corrected chi connectivity index (χ0v) is 19.5. The molecule has 1 unspecified atom stereocenters. The van der Waals surface area contributed by atoms with Crippen LogP contribution in [0.2, 0.25) is 0 Å².